The van der Waals surface area contributed by atoms with Gasteiger partial charge in [0.25, 0.3) is 0 Å². The quantitative estimate of drug-likeness (QED) is 0.832. The predicted molar refractivity (Wildman–Crippen MR) is 93.7 cm³/mol. The Morgan fingerprint density at radius 2 is 2.13 bits per heavy atom. The van der Waals surface area contributed by atoms with Gasteiger partial charge in [-0.2, -0.15) is 0 Å². The molecule has 1 amide bonds. The van der Waals surface area contributed by atoms with E-state index < -0.39 is 0 Å². The number of carbonyl (C=O) groups excluding carboxylic acids is 1. The van der Waals surface area contributed by atoms with Crippen LogP contribution >= 0.6 is 12.4 Å². The molecule has 1 aromatic carbocycles. The highest BCUT2D eigenvalue weighted by Crippen LogP contribution is 2.25. The molecule has 1 aliphatic heterocycles. The Balaban J connectivity index is 0.00000264. The predicted octanol–water partition coefficient (Wildman–Crippen LogP) is 2.17. The van der Waals surface area contributed by atoms with Gasteiger partial charge < -0.3 is 20.1 Å². The summed E-state index contributed by atoms with van der Waals surface area (Å²) in [6.07, 6.45) is 2.10. The topological polar surface area (TPSA) is 59.6 Å². The van der Waals surface area contributed by atoms with E-state index in [-0.39, 0.29) is 24.4 Å². The monoisotopic (exact) mass is 342 g/mol. The Bertz CT molecular complexity index is 511. The molecule has 0 bridgehead atoms. The van der Waals surface area contributed by atoms with Crippen LogP contribution in [0.2, 0.25) is 0 Å². The van der Waals surface area contributed by atoms with E-state index in [4.69, 9.17) is 9.47 Å². The Morgan fingerprint density at radius 3 is 2.78 bits per heavy atom. The third-order valence-electron chi connectivity index (χ3n) is 4.24. The van der Waals surface area contributed by atoms with Crippen LogP contribution in [0.15, 0.2) is 18.2 Å². The van der Waals surface area contributed by atoms with E-state index in [1.165, 1.54) is 0 Å². The molecule has 5 nitrogen and oxygen atoms in total. The summed E-state index contributed by atoms with van der Waals surface area (Å²) in [5.74, 6) is 2.15. The Labute approximate surface area is 144 Å². The van der Waals surface area contributed by atoms with E-state index in [0.29, 0.717) is 18.8 Å². The van der Waals surface area contributed by atoms with Crippen LogP contribution in [0.4, 0.5) is 0 Å². The van der Waals surface area contributed by atoms with Crippen LogP contribution in [0.5, 0.6) is 11.5 Å². The zero-order valence-corrected chi connectivity index (χ0v) is 14.9. The van der Waals surface area contributed by atoms with E-state index in [1.54, 1.807) is 14.2 Å². The van der Waals surface area contributed by atoms with Gasteiger partial charge in [0.15, 0.2) is 0 Å². The van der Waals surface area contributed by atoms with Gasteiger partial charge in [-0.05, 0) is 55.6 Å². The molecular weight excluding hydrogens is 316 g/mol. The van der Waals surface area contributed by atoms with Crippen LogP contribution in [-0.4, -0.2) is 39.3 Å². The van der Waals surface area contributed by atoms with Crippen molar-refractivity contribution >= 4 is 18.3 Å². The zero-order chi connectivity index (χ0) is 15.9. The summed E-state index contributed by atoms with van der Waals surface area (Å²) < 4.78 is 10.6. The number of carbonyl (C=O) groups is 1. The van der Waals surface area contributed by atoms with Crippen molar-refractivity contribution in [3.8, 4) is 11.5 Å². The third-order valence-corrected chi connectivity index (χ3v) is 4.24. The molecule has 0 spiro atoms. The van der Waals surface area contributed by atoms with Gasteiger partial charge >= 0.3 is 0 Å². The third kappa shape index (κ3) is 5.59. The van der Waals surface area contributed by atoms with Gasteiger partial charge in [0, 0.05) is 12.5 Å². The summed E-state index contributed by atoms with van der Waals surface area (Å²) in [6.45, 7) is 4.11. The molecule has 1 aliphatic rings. The maximum atomic E-state index is 12.2. The summed E-state index contributed by atoms with van der Waals surface area (Å²) >= 11 is 0. The van der Waals surface area contributed by atoms with Crippen LogP contribution in [0.1, 0.15) is 25.3 Å². The molecule has 2 atom stereocenters. The first kappa shape index (κ1) is 19.6. The second kappa shape index (κ2) is 9.63. The van der Waals surface area contributed by atoms with Gasteiger partial charge in [-0.25, -0.2) is 0 Å². The van der Waals surface area contributed by atoms with Crippen LogP contribution in [0.3, 0.4) is 0 Å². The Kier molecular flexibility index (Phi) is 8.20. The number of benzene rings is 1. The molecule has 0 aromatic heterocycles. The molecule has 6 heteroatoms. The lowest BCUT2D eigenvalue weighted by atomic mass is 9.95. The second-order valence-electron chi connectivity index (χ2n) is 5.82. The molecule has 2 unspecified atom stereocenters. The zero-order valence-electron chi connectivity index (χ0n) is 14.1. The molecule has 130 valence electrons. The Morgan fingerprint density at radius 1 is 1.35 bits per heavy atom. The van der Waals surface area contributed by atoms with Crippen molar-refractivity contribution in [3.63, 3.8) is 0 Å². The van der Waals surface area contributed by atoms with Crippen molar-refractivity contribution in [2.75, 3.05) is 27.3 Å². The summed E-state index contributed by atoms with van der Waals surface area (Å²) in [5.41, 5.74) is 0.996. The number of hydrogen-bond donors (Lipinski definition) is 2. The molecule has 1 heterocycles. The largest absolute Gasteiger partial charge is 0.497 e. The van der Waals surface area contributed by atoms with E-state index in [1.807, 2.05) is 18.2 Å². The maximum absolute atomic E-state index is 12.2. The standard InChI is InChI=1S/C17H26N2O3.ClH/c1-12-11-18-9-8-15(12)19-17(20)7-4-13-10-14(21-2)5-6-16(13)22-3;/h5-6,10,12,15,18H,4,7-9,11H2,1-3H3,(H,19,20);1H. The number of hydrogen-bond acceptors (Lipinski definition) is 4. The minimum atomic E-state index is 0. The van der Waals surface area contributed by atoms with E-state index in [9.17, 15) is 4.79 Å². The Hall–Kier alpha value is -1.46. The van der Waals surface area contributed by atoms with E-state index in [2.05, 4.69) is 17.6 Å². The first-order chi connectivity index (χ1) is 10.6. The number of ether oxygens (including phenoxy) is 2. The lowest BCUT2D eigenvalue weighted by Crippen LogP contribution is -2.48. The summed E-state index contributed by atoms with van der Waals surface area (Å²) in [7, 11) is 3.28. The maximum Gasteiger partial charge on any atom is 0.220 e. The van der Waals surface area contributed by atoms with Gasteiger partial charge in [-0.3, -0.25) is 4.79 Å². The number of halogens is 1. The lowest BCUT2D eigenvalue weighted by molar-refractivity contribution is -0.122. The highest BCUT2D eigenvalue weighted by molar-refractivity contribution is 5.85. The average Bonchev–Trinajstić information content (AvgIpc) is 2.54. The SMILES string of the molecule is COc1ccc(OC)c(CCC(=O)NC2CCNCC2C)c1.Cl. The fraction of sp³-hybridized carbons (Fsp3) is 0.588. The molecule has 0 aliphatic carbocycles. The first-order valence-electron chi connectivity index (χ1n) is 7.85. The number of aryl methyl sites for hydroxylation is 1. The second-order valence-corrected chi connectivity index (χ2v) is 5.82. The lowest BCUT2D eigenvalue weighted by Gasteiger charge is -2.30. The average molecular weight is 343 g/mol. The normalized spacial score (nSPS) is 20.3. The summed E-state index contributed by atoms with van der Waals surface area (Å²) in [6, 6.07) is 5.94. The summed E-state index contributed by atoms with van der Waals surface area (Å²) in [5, 5.41) is 6.50. The molecule has 1 aromatic rings. The van der Waals surface area contributed by atoms with Crippen LogP contribution in [0.25, 0.3) is 0 Å². The number of piperidine rings is 1. The van der Waals surface area contributed by atoms with Crippen molar-refractivity contribution in [2.24, 2.45) is 5.92 Å². The summed E-state index contributed by atoms with van der Waals surface area (Å²) in [4.78, 5) is 12.2. The van der Waals surface area contributed by atoms with Crippen molar-refractivity contribution in [1.29, 1.82) is 0 Å². The first-order valence-corrected chi connectivity index (χ1v) is 7.85. The van der Waals surface area contributed by atoms with E-state index in [0.717, 1.165) is 36.6 Å². The van der Waals surface area contributed by atoms with Crippen molar-refractivity contribution < 1.29 is 14.3 Å². The molecule has 1 saturated heterocycles. The van der Waals surface area contributed by atoms with E-state index >= 15 is 0 Å². The van der Waals surface area contributed by atoms with Crippen LogP contribution in [-0.2, 0) is 11.2 Å². The molecule has 0 saturated carbocycles. The fourth-order valence-electron chi connectivity index (χ4n) is 2.83. The van der Waals surface area contributed by atoms with Crippen molar-refractivity contribution in [2.45, 2.75) is 32.2 Å². The smallest absolute Gasteiger partial charge is 0.220 e. The minimum Gasteiger partial charge on any atom is -0.497 e. The number of rotatable bonds is 6. The van der Waals surface area contributed by atoms with Gasteiger partial charge in [0.2, 0.25) is 5.91 Å². The van der Waals surface area contributed by atoms with Crippen molar-refractivity contribution in [1.82, 2.24) is 10.6 Å². The number of amides is 1. The van der Waals surface area contributed by atoms with Gasteiger partial charge in [0.05, 0.1) is 14.2 Å². The van der Waals surface area contributed by atoms with Gasteiger partial charge in [0.1, 0.15) is 11.5 Å². The van der Waals surface area contributed by atoms with Crippen LogP contribution < -0.4 is 20.1 Å². The number of methoxy groups -OCH3 is 2. The van der Waals surface area contributed by atoms with Gasteiger partial charge in [-0.1, -0.05) is 6.92 Å². The molecule has 1 fully saturated rings. The minimum absolute atomic E-state index is 0. The van der Waals surface area contributed by atoms with Gasteiger partial charge in [-0.15, -0.1) is 12.4 Å². The molecule has 2 N–H and O–H groups in total. The molecule has 2 rings (SSSR count). The molecular formula is C17H27ClN2O3. The molecule has 0 radical (unpaired) electrons. The highest BCUT2D eigenvalue weighted by atomic mass is 35.5. The fourth-order valence-corrected chi connectivity index (χ4v) is 2.83. The number of nitrogens with one attached hydrogen (secondary N) is 2. The molecule has 23 heavy (non-hydrogen) atoms. The highest BCUT2D eigenvalue weighted by Gasteiger charge is 2.22. The van der Waals surface area contributed by atoms with Crippen LogP contribution in [0, 0.1) is 5.92 Å². The van der Waals surface area contributed by atoms with Crippen molar-refractivity contribution in [3.05, 3.63) is 23.8 Å².